The number of H-pyrrole nitrogens is 1. The van der Waals surface area contributed by atoms with Gasteiger partial charge in [-0.2, -0.15) is 0 Å². The number of aromatic nitrogens is 1. The fourth-order valence-electron chi connectivity index (χ4n) is 2.10. The smallest absolute Gasteiger partial charge is 0.179 e. The SMILES string of the molecule is CC(C)OCCCC(N)C(=O)c1ccc2[c]c[nH]c2c1. The summed E-state index contributed by atoms with van der Waals surface area (Å²) in [5.41, 5.74) is 7.51. The van der Waals surface area contributed by atoms with E-state index in [9.17, 15) is 4.79 Å². The molecule has 0 spiro atoms. The number of ether oxygens (including phenoxy) is 1. The van der Waals surface area contributed by atoms with E-state index in [1.54, 1.807) is 12.3 Å². The molecule has 0 aliphatic heterocycles. The van der Waals surface area contributed by atoms with Crippen molar-refractivity contribution in [3.8, 4) is 0 Å². The molecule has 1 radical (unpaired) electrons. The highest BCUT2D eigenvalue weighted by molar-refractivity contribution is 6.02. The van der Waals surface area contributed by atoms with Crippen molar-refractivity contribution in [3.05, 3.63) is 36.0 Å². The van der Waals surface area contributed by atoms with Gasteiger partial charge in [0.1, 0.15) is 0 Å². The monoisotopic (exact) mass is 273 g/mol. The van der Waals surface area contributed by atoms with E-state index < -0.39 is 6.04 Å². The van der Waals surface area contributed by atoms with Crippen LogP contribution in [0.5, 0.6) is 0 Å². The second-order valence-corrected chi connectivity index (χ2v) is 5.23. The fraction of sp³-hybridized carbons (Fsp3) is 0.438. The Balaban J connectivity index is 1.92. The molecule has 0 fully saturated rings. The molecular weight excluding hydrogens is 252 g/mol. The molecule has 1 heterocycles. The molecule has 4 heteroatoms. The molecule has 4 nitrogen and oxygen atoms in total. The maximum absolute atomic E-state index is 12.2. The van der Waals surface area contributed by atoms with E-state index in [4.69, 9.17) is 10.5 Å². The Kier molecular flexibility index (Phi) is 4.93. The van der Waals surface area contributed by atoms with Gasteiger partial charge in [-0.15, -0.1) is 0 Å². The zero-order valence-corrected chi connectivity index (χ0v) is 12.0. The first-order valence-electron chi connectivity index (χ1n) is 6.98. The number of hydrogen-bond donors (Lipinski definition) is 2. The third kappa shape index (κ3) is 3.68. The number of rotatable bonds is 7. The number of fused-ring (bicyclic) bond motifs is 1. The minimum absolute atomic E-state index is 0.0222. The van der Waals surface area contributed by atoms with E-state index in [1.807, 2.05) is 26.0 Å². The fourth-order valence-corrected chi connectivity index (χ4v) is 2.10. The molecule has 3 N–H and O–H groups in total. The van der Waals surface area contributed by atoms with Gasteiger partial charge < -0.3 is 15.5 Å². The van der Waals surface area contributed by atoms with Crippen molar-refractivity contribution in [2.75, 3.05) is 6.61 Å². The molecule has 2 rings (SSSR count). The van der Waals surface area contributed by atoms with E-state index in [2.05, 4.69) is 11.1 Å². The van der Waals surface area contributed by atoms with Crippen molar-refractivity contribution in [1.29, 1.82) is 0 Å². The lowest BCUT2D eigenvalue weighted by molar-refractivity contribution is 0.0737. The van der Waals surface area contributed by atoms with Crippen LogP contribution in [0.3, 0.4) is 0 Å². The van der Waals surface area contributed by atoms with Gasteiger partial charge in [-0.05, 0) is 32.8 Å². The van der Waals surface area contributed by atoms with E-state index in [-0.39, 0.29) is 11.9 Å². The van der Waals surface area contributed by atoms with Crippen LogP contribution in [0.4, 0.5) is 0 Å². The second-order valence-electron chi connectivity index (χ2n) is 5.23. The molecule has 0 saturated carbocycles. The van der Waals surface area contributed by atoms with E-state index in [1.165, 1.54) is 0 Å². The molecule has 0 saturated heterocycles. The predicted molar refractivity (Wildman–Crippen MR) is 79.8 cm³/mol. The van der Waals surface area contributed by atoms with Crippen LogP contribution in [-0.4, -0.2) is 29.5 Å². The van der Waals surface area contributed by atoms with Gasteiger partial charge in [-0.3, -0.25) is 4.79 Å². The van der Waals surface area contributed by atoms with Gasteiger partial charge in [0.15, 0.2) is 5.78 Å². The van der Waals surface area contributed by atoms with Gasteiger partial charge in [0.25, 0.3) is 0 Å². The van der Waals surface area contributed by atoms with Crippen molar-refractivity contribution in [1.82, 2.24) is 4.98 Å². The molecule has 1 aromatic heterocycles. The Morgan fingerprint density at radius 2 is 2.25 bits per heavy atom. The molecular formula is C16H21N2O2. The van der Waals surface area contributed by atoms with Crippen LogP contribution in [0.25, 0.3) is 10.9 Å². The molecule has 0 aliphatic carbocycles. The highest BCUT2D eigenvalue weighted by atomic mass is 16.5. The lowest BCUT2D eigenvalue weighted by Gasteiger charge is -2.12. The second kappa shape index (κ2) is 6.68. The molecule has 0 aliphatic rings. The summed E-state index contributed by atoms with van der Waals surface area (Å²) in [4.78, 5) is 15.3. The third-order valence-corrected chi connectivity index (χ3v) is 3.21. The zero-order valence-electron chi connectivity index (χ0n) is 12.0. The van der Waals surface area contributed by atoms with Crippen molar-refractivity contribution in [2.45, 2.75) is 38.8 Å². The van der Waals surface area contributed by atoms with Gasteiger partial charge in [0, 0.05) is 35.3 Å². The Labute approximate surface area is 119 Å². The van der Waals surface area contributed by atoms with Gasteiger partial charge in [0.05, 0.1) is 12.1 Å². The van der Waals surface area contributed by atoms with Crippen molar-refractivity contribution in [2.24, 2.45) is 5.73 Å². The number of ketones is 1. The normalized spacial score (nSPS) is 13.0. The molecule has 0 amide bonds. The number of carbonyl (C=O) groups excluding carboxylic acids is 1. The zero-order chi connectivity index (χ0) is 14.5. The van der Waals surface area contributed by atoms with Gasteiger partial charge in [0.2, 0.25) is 0 Å². The standard InChI is InChI=1S/C16H21N2O2/c1-11(2)20-9-3-4-14(17)16(19)13-6-5-12-7-8-18-15(12)10-13/h5-6,8,10-11,14,18H,3-4,9,17H2,1-2H3. The number of nitrogens with two attached hydrogens (primary N) is 1. The number of carbonyl (C=O) groups is 1. The first-order valence-corrected chi connectivity index (χ1v) is 6.98. The summed E-state index contributed by atoms with van der Waals surface area (Å²) < 4.78 is 5.45. The first-order chi connectivity index (χ1) is 9.58. The maximum Gasteiger partial charge on any atom is 0.179 e. The molecule has 2 aromatic rings. The largest absolute Gasteiger partial charge is 0.379 e. The summed E-state index contributed by atoms with van der Waals surface area (Å²) in [6, 6.07) is 8.10. The van der Waals surface area contributed by atoms with Crippen LogP contribution in [0, 0.1) is 6.07 Å². The highest BCUT2D eigenvalue weighted by Crippen LogP contribution is 2.15. The van der Waals surface area contributed by atoms with Crippen molar-refractivity contribution >= 4 is 16.7 Å². The summed E-state index contributed by atoms with van der Waals surface area (Å²) >= 11 is 0. The van der Waals surface area contributed by atoms with Crippen LogP contribution in [0.15, 0.2) is 24.4 Å². The van der Waals surface area contributed by atoms with Gasteiger partial charge >= 0.3 is 0 Å². The molecule has 0 bridgehead atoms. The molecule has 20 heavy (non-hydrogen) atoms. The lowest BCUT2D eigenvalue weighted by Crippen LogP contribution is -2.30. The summed E-state index contributed by atoms with van der Waals surface area (Å²) in [6.07, 6.45) is 3.39. The summed E-state index contributed by atoms with van der Waals surface area (Å²) in [7, 11) is 0. The lowest BCUT2D eigenvalue weighted by atomic mass is 10.0. The molecule has 1 unspecified atom stereocenters. The van der Waals surface area contributed by atoms with Crippen LogP contribution >= 0.6 is 0 Å². The number of benzene rings is 1. The van der Waals surface area contributed by atoms with Crippen molar-refractivity contribution in [3.63, 3.8) is 0 Å². The van der Waals surface area contributed by atoms with Crippen LogP contribution in [0.2, 0.25) is 0 Å². The third-order valence-electron chi connectivity index (χ3n) is 3.21. The average molecular weight is 273 g/mol. The topological polar surface area (TPSA) is 68.1 Å². The summed E-state index contributed by atoms with van der Waals surface area (Å²) in [5.74, 6) is -0.0222. The number of hydrogen-bond acceptors (Lipinski definition) is 3. The number of nitrogens with one attached hydrogen (secondary N) is 1. The van der Waals surface area contributed by atoms with Gasteiger partial charge in [-0.25, -0.2) is 0 Å². The van der Waals surface area contributed by atoms with Crippen molar-refractivity contribution < 1.29 is 9.53 Å². The van der Waals surface area contributed by atoms with E-state index in [0.717, 1.165) is 17.3 Å². The summed E-state index contributed by atoms with van der Waals surface area (Å²) in [6.45, 7) is 4.63. The first kappa shape index (κ1) is 14.8. The van der Waals surface area contributed by atoms with Gasteiger partial charge in [-0.1, -0.05) is 12.1 Å². The quantitative estimate of drug-likeness (QED) is 0.602. The minimum Gasteiger partial charge on any atom is -0.379 e. The molecule has 1 atom stereocenters. The Hall–Kier alpha value is -1.65. The Bertz CT molecular complexity index is 575. The maximum atomic E-state index is 12.2. The average Bonchev–Trinajstić information content (AvgIpc) is 2.89. The Morgan fingerprint density at radius 1 is 1.45 bits per heavy atom. The minimum atomic E-state index is -0.470. The molecule has 107 valence electrons. The number of Topliss-reactive ketones (excluding diaryl/α,β-unsaturated/α-hetero) is 1. The van der Waals surface area contributed by atoms with E-state index >= 15 is 0 Å². The van der Waals surface area contributed by atoms with Crippen LogP contribution in [-0.2, 0) is 4.74 Å². The Morgan fingerprint density at radius 3 is 3.00 bits per heavy atom. The summed E-state index contributed by atoms with van der Waals surface area (Å²) in [5, 5.41) is 0.973. The molecule has 1 aromatic carbocycles. The van der Waals surface area contributed by atoms with E-state index in [0.29, 0.717) is 18.6 Å². The highest BCUT2D eigenvalue weighted by Gasteiger charge is 2.16. The predicted octanol–water partition coefficient (Wildman–Crippen LogP) is 2.68. The van der Waals surface area contributed by atoms with Crippen LogP contribution in [0.1, 0.15) is 37.0 Å². The van der Waals surface area contributed by atoms with Crippen LogP contribution < -0.4 is 5.73 Å². The number of aromatic amines is 1.